The molecule has 0 atom stereocenters. The van der Waals surface area contributed by atoms with Crippen molar-refractivity contribution in [3.63, 3.8) is 0 Å². The maximum Gasteiger partial charge on any atom is 0.208 e. The van der Waals surface area contributed by atoms with Crippen molar-refractivity contribution in [2.75, 3.05) is 0 Å². The molecule has 69 heavy (non-hydrogen) atoms. The SMILES string of the molecule is O=C1c2ccccc2S(=O)(=O)c2ccc(-c3cccc4sc5cccc(-n6c7ccc(-n8c9ccccc9c9ccccc98)cc7c7cc(-n8c9ccccc9c9ccccc98)ccc76)c5c34)cc21. The van der Waals surface area contributed by atoms with Crippen LogP contribution in [0.5, 0.6) is 0 Å². The molecule has 0 amide bonds. The number of rotatable bonds is 4. The molecule has 15 rings (SSSR count). The van der Waals surface area contributed by atoms with Crippen LogP contribution in [0.3, 0.4) is 0 Å². The molecule has 0 saturated carbocycles. The highest BCUT2D eigenvalue weighted by molar-refractivity contribution is 7.91. The van der Waals surface area contributed by atoms with Crippen LogP contribution in [0.2, 0.25) is 0 Å². The van der Waals surface area contributed by atoms with E-state index in [1.54, 1.807) is 41.7 Å². The van der Waals surface area contributed by atoms with Gasteiger partial charge in [-0.2, -0.15) is 0 Å². The molecule has 0 saturated heterocycles. The molecule has 10 aromatic carbocycles. The van der Waals surface area contributed by atoms with Gasteiger partial charge in [-0.1, -0.05) is 109 Å². The Labute approximate surface area is 398 Å². The van der Waals surface area contributed by atoms with Crippen molar-refractivity contribution in [2.24, 2.45) is 0 Å². The fourth-order valence-electron chi connectivity index (χ4n) is 11.5. The predicted molar refractivity (Wildman–Crippen MR) is 283 cm³/mol. The Morgan fingerprint density at radius 1 is 0.348 bits per heavy atom. The number of para-hydroxylation sites is 4. The average Bonchev–Trinajstić information content (AvgIpc) is 4.14. The van der Waals surface area contributed by atoms with E-state index < -0.39 is 9.84 Å². The molecule has 0 spiro atoms. The minimum Gasteiger partial charge on any atom is -0.309 e. The number of carbonyl (C=O) groups excluding carboxylic acids is 1. The second-order valence-corrected chi connectivity index (χ2v) is 20.9. The minimum absolute atomic E-state index is 0.0452. The molecule has 5 heterocycles. The van der Waals surface area contributed by atoms with Crippen molar-refractivity contribution in [1.82, 2.24) is 13.7 Å². The van der Waals surface area contributed by atoms with E-state index in [0.29, 0.717) is 0 Å². The summed E-state index contributed by atoms with van der Waals surface area (Å²) in [4.78, 5) is 14.2. The average molecular weight is 922 g/mol. The van der Waals surface area contributed by atoms with Gasteiger partial charge in [-0.05, 0) is 114 Å². The molecular weight excluding hydrogens is 887 g/mol. The maximum absolute atomic E-state index is 14.1. The molecule has 324 valence electrons. The molecule has 1 aliphatic rings. The number of hydrogen-bond acceptors (Lipinski definition) is 4. The molecule has 14 aromatic rings. The fraction of sp³-hybridized carbons (Fsp3) is 0. The summed E-state index contributed by atoms with van der Waals surface area (Å²) < 4.78 is 37.2. The summed E-state index contributed by atoms with van der Waals surface area (Å²) in [7, 11) is -3.88. The van der Waals surface area contributed by atoms with E-state index in [1.807, 2.05) is 12.1 Å². The zero-order valence-electron chi connectivity index (χ0n) is 36.6. The smallest absolute Gasteiger partial charge is 0.208 e. The first kappa shape index (κ1) is 38.5. The zero-order chi connectivity index (χ0) is 45.7. The van der Waals surface area contributed by atoms with Crippen LogP contribution in [-0.4, -0.2) is 27.9 Å². The third kappa shape index (κ3) is 5.24. The van der Waals surface area contributed by atoms with Gasteiger partial charge in [0, 0.05) is 75.0 Å². The topological polar surface area (TPSA) is 66.0 Å². The monoisotopic (exact) mass is 921 g/mol. The molecular formula is C61H35N3O3S2. The molecule has 0 fully saturated rings. The Morgan fingerprint density at radius 3 is 1.39 bits per heavy atom. The van der Waals surface area contributed by atoms with E-state index in [-0.39, 0.29) is 26.7 Å². The largest absolute Gasteiger partial charge is 0.309 e. The number of fused-ring (bicyclic) bond motifs is 14. The van der Waals surface area contributed by atoms with E-state index in [1.165, 1.54) is 27.6 Å². The molecule has 4 aromatic heterocycles. The van der Waals surface area contributed by atoms with Gasteiger partial charge in [0.15, 0.2) is 5.78 Å². The van der Waals surface area contributed by atoms with Gasteiger partial charge in [0.1, 0.15) is 0 Å². The fourth-order valence-corrected chi connectivity index (χ4v) is 14.3. The second kappa shape index (κ2) is 14.0. The molecule has 8 heteroatoms. The summed E-state index contributed by atoms with van der Waals surface area (Å²) in [6.45, 7) is 0. The molecule has 0 radical (unpaired) electrons. The molecule has 6 nitrogen and oxygen atoms in total. The second-order valence-electron chi connectivity index (χ2n) is 17.9. The van der Waals surface area contributed by atoms with Crippen molar-refractivity contribution < 1.29 is 13.2 Å². The Bertz CT molecular complexity index is 4440. The molecule has 0 N–H and O–H groups in total. The number of thiophene rings is 1. The van der Waals surface area contributed by atoms with Gasteiger partial charge in [-0.3, -0.25) is 4.79 Å². The third-order valence-electron chi connectivity index (χ3n) is 14.4. The summed E-state index contributed by atoms with van der Waals surface area (Å²) >= 11 is 1.74. The summed E-state index contributed by atoms with van der Waals surface area (Å²) in [5.74, 6) is -0.286. The summed E-state index contributed by atoms with van der Waals surface area (Å²) in [6.07, 6.45) is 0. The lowest BCUT2D eigenvalue weighted by atomic mass is 9.94. The molecule has 0 bridgehead atoms. The number of ketones is 1. The lowest BCUT2D eigenvalue weighted by Gasteiger charge is -2.19. The molecule has 0 unspecified atom stereocenters. The maximum atomic E-state index is 14.1. The van der Waals surface area contributed by atoms with Crippen LogP contribution in [-0.2, 0) is 9.84 Å². The normalized spacial score (nSPS) is 13.5. The quantitative estimate of drug-likeness (QED) is 0.177. The Morgan fingerprint density at radius 2 is 0.812 bits per heavy atom. The number of carbonyl (C=O) groups is 1. The standard InChI is InChI=1S/C61H35N3O3S2/c65-61-44-17-5-10-26-57(44)69(66,67)58-32-27-36(33-47(58)61)39-18-11-24-55-59(39)60-54(23-12-25-56(60)68-55)64-52-30-28-37(62-48-19-6-1-13-40(48)41-14-2-7-20-49(41)62)34-45(52)46-35-38(29-31-53(46)64)63-50-21-8-3-15-42(50)43-16-4-9-22-51(43)63/h1-35H. The van der Waals surface area contributed by atoms with Crippen LogP contribution in [0.4, 0.5) is 0 Å². The predicted octanol–water partition coefficient (Wildman–Crippen LogP) is 15.4. The van der Waals surface area contributed by atoms with E-state index in [2.05, 4.69) is 177 Å². The number of aromatic nitrogens is 3. The van der Waals surface area contributed by atoms with Crippen molar-refractivity contribution in [3.05, 3.63) is 223 Å². The van der Waals surface area contributed by atoms with Crippen molar-refractivity contribution in [3.8, 4) is 28.2 Å². The molecule has 0 aliphatic carbocycles. The Kier molecular flexibility index (Phi) is 7.82. The number of hydrogen-bond donors (Lipinski definition) is 0. The minimum atomic E-state index is -3.88. The highest BCUT2D eigenvalue weighted by Gasteiger charge is 2.35. The lowest BCUT2D eigenvalue weighted by molar-refractivity contribution is 0.103. The summed E-state index contributed by atoms with van der Waals surface area (Å²) in [5.41, 5.74) is 12.1. The van der Waals surface area contributed by atoms with Gasteiger partial charge in [0.05, 0.1) is 48.6 Å². The van der Waals surface area contributed by atoms with Crippen LogP contribution in [0.25, 0.3) is 114 Å². The van der Waals surface area contributed by atoms with Gasteiger partial charge in [0.25, 0.3) is 0 Å². The Hall–Kier alpha value is -8.56. The number of benzene rings is 10. The van der Waals surface area contributed by atoms with Crippen LogP contribution in [0, 0.1) is 0 Å². The van der Waals surface area contributed by atoms with Gasteiger partial charge >= 0.3 is 0 Å². The highest BCUT2D eigenvalue weighted by atomic mass is 32.2. The first-order valence-electron chi connectivity index (χ1n) is 23.0. The van der Waals surface area contributed by atoms with Gasteiger partial charge in [-0.25, -0.2) is 8.42 Å². The van der Waals surface area contributed by atoms with E-state index in [0.717, 1.165) is 92.2 Å². The third-order valence-corrected chi connectivity index (χ3v) is 17.4. The van der Waals surface area contributed by atoms with Crippen LogP contribution < -0.4 is 0 Å². The number of sulfone groups is 1. The van der Waals surface area contributed by atoms with Gasteiger partial charge < -0.3 is 13.7 Å². The zero-order valence-corrected chi connectivity index (χ0v) is 38.2. The lowest BCUT2D eigenvalue weighted by Crippen LogP contribution is -2.20. The van der Waals surface area contributed by atoms with E-state index >= 15 is 0 Å². The van der Waals surface area contributed by atoms with Crippen LogP contribution in [0.1, 0.15) is 15.9 Å². The van der Waals surface area contributed by atoms with E-state index in [9.17, 15) is 13.2 Å². The summed E-state index contributed by atoms with van der Waals surface area (Å²) in [5, 5.41) is 9.25. The van der Waals surface area contributed by atoms with Crippen molar-refractivity contribution in [2.45, 2.75) is 9.79 Å². The first-order chi connectivity index (χ1) is 33.9. The van der Waals surface area contributed by atoms with Gasteiger partial charge in [-0.15, -0.1) is 11.3 Å². The van der Waals surface area contributed by atoms with E-state index in [4.69, 9.17) is 0 Å². The highest BCUT2D eigenvalue weighted by Crippen LogP contribution is 2.47. The first-order valence-corrected chi connectivity index (χ1v) is 25.3. The van der Waals surface area contributed by atoms with Crippen LogP contribution >= 0.6 is 11.3 Å². The Balaban J connectivity index is 1.01. The van der Waals surface area contributed by atoms with Crippen molar-refractivity contribution in [1.29, 1.82) is 0 Å². The van der Waals surface area contributed by atoms with Crippen LogP contribution in [0.15, 0.2) is 222 Å². The summed E-state index contributed by atoms with van der Waals surface area (Å²) in [6, 6.07) is 72.9. The van der Waals surface area contributed by atoms with Crippen molar-refractivity contribution >= 4 is 113 Å². The number of nitrogens with zero attached hydrogens (tertiary/aromatic N) is 3. The molecule has 1 aliphatic heterocycles. The van der Waals surface area contributed by atoms with Gasteiger partial charge in [0.2, 0.25) is 9.84 Å².